The van der Waals surface area contributed by atoms with Crippen molar-refractivity contribution in [3.05, 3.63) is 59.4 Å². The molecule has 0 spiro atoms. The van der Waals surface area contributed by atoms with Crippen molar-refractivity contribution in [1.29, 1.82) is 0 Å². The molecule has 19 heavy (non-hydrogen) atoms. The molecular weight excluding hydrogens is 239 g/mol. The van der Waals surface area contributed by atoms with Crippen molar-refractivity contribution in [3.8, 4) is 0 Å². The van der Waals surface area contributed by atoms with Crippen LogP contribution in [0.3, 0.4) is 0 Å². The Balaban J connectivity index is 2.05. The standard InChI is InChI=1S/C16H19FN2/c1-11-4-3-5-15(18)16(11)19-12(2)10-13-6-8-14(17)9-7-13/h3-9,12,19H,10,18H2,1-2H3. The molecule has 2 aromatic carbocycles. The van der Waals surface area contributed by atoms with E-state index in [1.807, 2.05) is 37.3 Å². The largest absolute Gasteiger partial charge is 0.397 e. The molecule has 0 saturated heterocycles. The minimum absolute atomic E-state index is 0.201. The number of halogens is 1. The summed E-state index contributed by atoms with van der Waals surface area (Å²) in [7, 11) is 0. The smallest absolute Gasteiger partial charge is 0.123 e. The molecule has 0 radical (unpaired) electrons. The Morgan fingerprint density at radius 2 is 1.84 bits per heavy atom. The molecule has 0 bridgehead atoms. The molecule has 2 rings (SSSR count). The molecule has 0 saturated carbocycles. The van der Waals surface area contributed by atoms with Gasteiger partial charge in [0.1, 0.15) is 5.82 Å². The Kier molecular flexibility index (Phi) is 4.05. The number of rotatable bonds is 4. The second kappa shape index (κ2) is 5.74. The first-order chi connectivity index (χ1) is 9.06. The van der Waals surface area contributed by atoms with E-state index in [1.165, 1.54) is 12.1 Å². The number of anilines is 2. The summed E-state index contributed by atoms with van der Waals surface area (Å²) in [4.78, 5) is 0. The van der Waals surface area contributed by atoms with Crippen LogP contribution in [0.2, 0.25) is 0 Å². The third-order valence-electron chi connectivity index (χ3n) is 3.15. The molecule has 0 aliphatic carbocycles. The van der Waals surface area contributed by atoms with Crippen LogP contribution in [0, 0.1) is 12.7 Å². The summed E-state index contributed by atoms with van der Waals surface area (Å²) in [5.41, 5.74) is 9.95. The first-order valence-electron chi connectivity index (χ1n) is 6.42. The summed E-state index contributed by atoms with van der Waals surface area (Å²) in [6, 6.07) is 12.7. The van der Waals surface area contributed by atoms with Crippen LogP contribution in [0.15, 0.2) is 42.5 Å². The van der Waals surface area contributed by atoms with Crippen molar-refractivity contribution < 1.29 is 4.39 Å². The van der Waals surface area contributed by atoms with Crippen molar-refractivity contribution in [2.45, 2.75) is 26.3 Å². The summed E-state index contributed by atoms with van der Waals surface area (Å²) in [5, 5.41) is 3.42. The van der Waals surface area contributed by atoms with Gasteiger partial charge in [-0.15, -0.1) is 0 Å². The number of benzene rings is 2. The van der Waals surface area contributed by atoms with Gasteiger partial charge in [0, 0.05) is 6.04 Å². The van der Waals surface area contributed by atoms with Gasteiger partial charge in [-0.2, -0.15) is 0 Å². The van der Waals surface area contributed by atoms with E-state index in [4.69, 9.17) is 5.73 Å². The van der Waals surface area contributed by atoms with E-state index in [2.05, 4.69) is 12.2 Å². The second-order valence-corrected chi connectivity index (χ2v) is 4.92. The van der Waals surface area contributed by atoms with Crippen LogP contribution in [-0.4, -0.2) is 6.04 Å². The molecule has 3 heteroatoms. The van der Waals surface area contributed by atoms with Crippen molar-refractivity contribution in [1.82, 2.24) is 0 Å². The van der Waals surface area contributed by atoms with Gasteiger partial charge >= 0.3 is 0 Å². The van der Waals surface area contributed by atoms with Gasteiger partial charge in [-0.3, -0.25) is 0 Å². The predicted octanol–water partition coefficient (Wildman–Crippen LogP) is 3.76. The quantitative estimate of drug-likeness (QED) is 0.819. The molecule has 2 aromatic rings. The van der Waals surface area contributed by atoms with Crippen LogP contribution in [0.25, 0.3) is 0 Å². The van der Waals surface area contributed by atoms with E-state index in [0.29, 0.717) is 0 Å². The maximum Gasteiger partial charge on any atom is 0.123 e. The highest BCUT2D eigenvalue weighted by atomic mass is 19.1. The summed E-state index contributed by atoms with van der Waals surface area (Å²) in [5.74, 6) is -0.201. The minimum Gasteiger partial charge on any atom is -0.397 e. The molecule has 0 heterocycles. The fourth-order valence-corrected chi connectivity index (χ4v) is 2.16. The van der Waals surface area contributed by atoms with Crippen molar-refractivity contribution >= 4 is 11.4 Å². The van der Waals surface area contributed by atoms with Gasteiger partial charge in [-0.05, 0) is 49.6 Å². The number of nitrogens with two attached hydrogens (primary N) is 1. The lowest BCUT2D eigenvalue weighted by molar-refractivity contribution is 0.626. The van der Waals surface area contributed by atoms with Crippen molar-refractivity contribution in [3.63, 3.8) is 0 Å². The summed E-state index contributed by atoms with van der Waals surface area (Å²) in [6.45, 7) is 4.12. The Morgan fingerprint density at radius 1 is 1.16 bits per heavy atom. The number of nitrogen functional groups attached to an aromatic ring is 1. The fraction of sp³-hybridized carbons (Fsp3) is 0.250. The lowest BCUT2D eigenvalue weighted by Crippen LogP contribution is -2.19. The van der Waals surface area contributed by atoms with E-state index in [9.17, 15) is 4.39 Å². The highest BCUT2D eigenvalue weighted by Gasteiger charge is 2.08. The highest BCUT2D eigenvalue weighted by molar-refractivity contribution is 5.70. The zero-order valence-corrected chi connectivity index (χ0v) is 11.3. The Hall–Kier alpha value is -2.03. The molecule has 1 unspecified atom stereocenters. The van der Waals surface area contributed by atoms with Crippen LogP contribution in [-0.2, 0) is 6.42 Å². The normalized spacial score (nSPS) is 12.2. The molecule has 100 valence electrons. The molecule has 0 fully saturated rings. The molecule has 0 aliphatic heterocycles. The average Bonchev–Trinajstić information content (AvgIpc) is 2.37. The van der Waals surface area contributed by atoms with E-state index in [-0.39, 0.29) is 11.9 Å². The van der Waals surface area contributed by atoms with Gasteiger partial charge in [0.25, 0.3) is 0 Å². The highest BCUT2D eigenvalue weighted by Crippen LogP contribution is 2.23. The zero-order chi connectivity index (χ0) is 13.8. The number of aryl methyl sites for hydroxylation is 1. The topological polar surface area (TPSA) is 38.0 Å². The maximum absolute atomic E-state index is 12.8. The summed E-state index contributed by atoms with van der Waals surface area (Å²) < 4.78 is 12.8. The van der Waals surface area contributed by atoms with Gasteiger partial charge in [0.2, 0.25) is 0 Å². The lowest BCUT2D eigenvalue weighted by Gasteiger charge is -2.18. The number of nitrogens with one attached hydrogen (secondary N) is 1. The molecule has 0 amide bonds. The van der Waals surface area contributed by atoms with Crippen LogP contribution < -0.4 is 11.1 Å². The Labute approximate surface area is 113 Å². The Bertz CT molecular complexity index is 529. The lowest BCUT2D eigenvalue weighted by atomic mass is 10.1. The fourth-order valence-electron chi connectivity index (χ4n) is 2.16. The van der Waals surface area contributed by atoms with Gasteiger partial charge in [0.15, 0.2) is 0 Å². The van der Waals surface area contributed by atoms with Crippen molar-refractivity contribution in [2.75, 3.05) is 11.1 Å². The summed E-state index contributed by atoms with van der Waals surface area (Å²) in [6.07, 6.45) is 0.827. The van der Waals surface area contributed by atoms with Gasteiger partial charge < -0.3 is 11.1 Å². The molecule has 0 aliphatic rings. The van der Waals surface area contributed by atoms with Crippen LogP contribution in [0.5, 0.6) is 0 Å². The zero-order valence-electron chi connectivity index (χ0n) is 11.3. The Morgan fingerprint density at radius 3 is 2.47 bits per heavy atom. The van der Waals surface area contributed by atoms with Gasteiger partial charge in [-0.1, -0.05) is 24.3 Å². The third kappa shape index (κ3) is 3.47. The third-order valence-corrected chi connectivity index (χ3v) is 3.15. The number of hydrogen-bond donors (Lipinski definition) is 2. The molecule has 3 N–H and O–H groups in total. The van der Waals surface area contributed by atoms with Crippen LogP contribution >= 0.6 is 0 Å². The van der Waals surface area contributed by atoms with Gasteiger partial charge in [-0.25, -0.2) is 4.39 Å². The average molecular weight is 258 g/mol. The van der Waals surface area contributed by atoms with Crippen LogP contribution in [0.4, 0.5) is 15.8 Å². The van der Waals surface area contributed by atoms with E-state index in [1.54, 1.807) is 0 Å². The van der Waals surface area contributed by atoms with E-state index < -0.39 is 0 Å². The number of hydrogen-bond acceptors (Lipinski definition) is 2. The monoisotopic (exact) mass is 258 g/mol. The molecule has 1 atom stereocenters. The maximum atomic E-state index is 12.8. The second-order valence-electron chi connectivity index (χ2n) is 4.92. The minimum atomic E-state index is -0.201. The first kappa shape index (κ1) is 13.4. The van der Waals surface area contributed by atoms with Gasteiger partial charge in [0.05, 0.1) is 11.4 Å². The van der Waals surface area contributed by atoms with Crippen molar-refractivity contribution in [2.24, 2.45) is 0 Å². The molecular formula is C16H19FN2. The van der Waals surface area contributed by atoms with Crippen LogP contribution in [0.1, 0.15) is 18.1 Å². The molecule has 0 aromatic heterocycles. The molecule has 2 nitrogen and oxygen atoms in total. The van der Waals surface area contributed by atoms with E-state index >= 15 is 0 Å². The predicted molar refractivity (Wildman–Crippen MR) is 78.8 cm³/mol. The SMILES string of the molecule is Cc1cccc(N)c1NC(C)Cc1ccc(F)cc1. The van der Waals surface area contributed by atoms with E-state index in [0.717, 1.165) is 28.9 Å². The first-order valence-corrected chi connectivity index (χ1v) is 6.42. The number of para-hydroxylation sites is 1. The summed E-state index contributed by atoms with van der Waals surface area (Å²) >= 11 is 0.